The Morgan fingerprint density at radius 1 is 1.53 bits per heavy atom. The number of aromatic nitrogens is 2. The zero-order chi connectivity index (χ0) is 13.2. The highest BCUT2D eigenvalue weighted by molar-refractivity contribution is 6.18. The number of anilines is 1. The van der Waals surface area contributed by atoms with Gasteiger partial charge in [0.15, 0.2) is 5.82 Å². The summed E-state index contributed by atoms with van der Waals surface area (Å²) in [6.07, 6.45) is 3.36. The molecular weight excluding hydrogens is 238 g/mol. The molecule has 17 heavy (non-hydrogen) atoms. The fourth-order valence-electron chi connectivity index (χ4n) is 1.43. The molecule has 96 valence electrons. The van der Waals surface area contributed by atoms with Gasteiger partial charge in [0, 0.05) is 36.9 Å². The highest BCUT2D eigenvalue weighted by Gasteiger charge is 2.26. The largest absolute Gasteiger partial charge is 0.349 e. The van der Waals surface area contributed by atoms with E-state index in [0.717, 1.165) is 0 Å². The lowest BCUT2D eigenvalue weighted by atomic mass is 10.1. The second-order valence-corrected chi connectivity index (χ2v) is 5.33. The van der Waals surface area contributed by atoms with Crippen LogP contribution in [-0.4, -0.2) is 28.0 Å². The van der Waals surface area contributed by atoms with Crippen molar-refractivity contribution in [3.63, 3.8) is 0 Å². The predicted molar refractivity (Wildman–Crippen MR) is 72.1 cm³/mol. The zero-order valence-electron chi connectivity index (χ0n) is 11.1. The fourth-order valence-corrected chi connectivity index (χ4v) is 1.61. The first-order valence-electron chi connectivity index (χ1n) is 5.68. The third-order valence-electron chi connectivity index (χ3n) is 2.96. The smallest absolute Gasteiger partial charge is 0.293 e. The van der Waals surface area contributed by atoms with Crippen molar-refractivity contribution in [1.29, 1.82) is 0 Å². The first-order valence-corrected chi connectivity index (χ1v) is 6.21. The molecule has 5 heteroatoms. The van der Waals surface area contributed by atoms with Crippen molar-refractivity contribution in [2.24, 2.45) is 0 Å². The molecule has 0 saturated heterocycles. The van der Waals surface area contributed by atoms with E-state index in [1.54, 1.807) is 17.0 Å². The molecule has 0 bridgehead atoms. The molecule has 1 rings (SSSR count). The Labute approximate surface area is 107 Å². The Bertz CT molecular complexity index is 440. The molecule has 4 nitrogen and oxygen atoms in total. The number of rotatable bonds is 4. The Morgan fingerprint density at radius 2 is 2.12 bits per heavy atom. The van der Waals surface area contributed by atoms with E-state index in [-0.39, 0.29) is 17.1 Å². The zero-order valence-corrected chi connectivity index (χ0v) is 11.8. The second kappa shape index (κ2) is 5.08. The lowest BCUT2D eigenvalue weighted by Gasteiger charge is -2.34. The third kappa shape index (κ3) is 2.80. The minimum atomic E-state index is -0.302. The van der Waals surface area contributed by atoms with E-state index >= 15 is 0 Å². The monoisotopic (exact) mass is 257 g/mol. The molecule has 0 amide bonds. The standard InChI is InChI=1S/C12H20ClN3O/c1-9(2)16-7-6-14-10(11(16)17)15(5)12(3,4)8-13/h6-7,9H,8H2,1-5H3. The van der Waals surface area contributed by atoms with Gasteiger partial charge in [0.05, 0.1) is 0 Å². The van der Waals surface area contributed by atoms with Gasteiger partial charge >= 0.3 is 0 Å². The summed E-state index contributed by atoms with van der Waals surface area (Å²) in [7, 11) is 1.84. The Balaban J connectivity index is 3.25. The summed E-state index contributed by atoms with van der Waals surface area (Å²) in [5.74, 6) is 0.869. The number of alkyl halides is 1. The van der Waals surface area contributed by atoms with Gasteiger partial charge in [-0.3, -0.25) is 4.79 Å². The Morgan fingerprint density at radius 3 is 2.59 bits per heavy atom. The quantitative estimate of drug-likeness (QED) is 0.777. The minimum Gasteiger partial charge on any atom is -0.349 e. The molecule has 0 aromatic carbocycles. The van der Waals surface area contributed by atoms with Gasteiger partial charge in [0.1, 0.15) is 0 Å². The van der Waals surface area contributed by atoms with Gasteiger partial charge in [-0.2, -0.15) is 0 Å². The van der Waals surface area contributed by atoms with E-state index in [4.69, 9.17) is 11.6 Å². The molecule has 0 aliphatic carbocycles. The summed E-state index contributed by atoms with van der Waals surface area (Å²) in [5.41, 5.74) is -0.382. The van der Waals surface area contributed by atoms with Gasteiger partial charge in [-0.25, -0.2) is 4.98 Å². The second-order valence-electron chi connectivity index (χ2n) is 5.06. The predicted octanol–water partition coefficient (Wildman–Crippen LogP) is 2.28. The van der Waals surface area contributed by atoms with E-state index in [9.17, 15) is 4.79 Å². The molecule has 0 spiro atoms. The first kappa shape index (κ1) is 14.0. The van der Waals surface area contributed by atoms with Crippen LogP contribution in [0.4, 0.5) is 5.82 Å². The average Bonchev–Trinajstić information content (AvgIpc) is 2.28. The van der Waals surface area contributed by atoms with Crippen LogP contribution in [0, 0.1) is 0 Å². The van der Waals surface area contributed by atoms with E-state index in [2.05, 4.69) is 4.98 Å². The maximum absolute atomic E-state index is 12.2. The van der Waals surface area contributed by atoms with Crippen molar-refractivity contribution in [2.75, 3.05) is 17.8 Å². The highest BCUT2D eigenvalue weighted by Crippen LogP contribution is 2.18. The molecule has 0 fully saturated rings. The molecule has 1 aromatic heterocycles. The number of halogens is 1. The first-order chi connectivity index (χ1) is 7.81. The van der Waals surface area contributed by atoms with Crippen molar-refractivity contribution < 1.29 is 0 Å². The third-order valence-corrected chi connectivity index (χ3v) is 3.61. The van der Waals surface area contributed by atoms with Crippen LogP contribution in [0.3, 0.4) is 0 Å². The van der Waals surface area contributed by atoms with Crippen molar-refractivity contribution >= 4 is 17.4 Å². The molecule has 1 heterocycles. The van der Waals surface area contributed by atoms with Crippen LogP contribution in [0.5, 0.6) is 0 Å². The van der Waals surface area contributed by atoms with Crippen LogP contribution in [0.25, 0.3) is 0 Å². The van der Waals surface area contributed by atoms with Crippen molar-refractivity contribution in [3.8, 4) is 0 Å². The molecule has 0 aliphatic rings. The number of hydrogen-bond acceptors (Lipinski definition) is 3. The summed E-state index contributed by atoms with van der Waals surface area (Å²) in [4.78, 5) is 18.2. The molecule has 0 N–H and O–H groups in total. The lowest BCUT2D eigenvalue weighted by molar-refractivity contribution is 0.523. The SMILES string of the molecule is CC(C)n1ccnc(N(C)C(C)(C)CCl)c1=O. The molecular formula is C12H20ClN3O. The maximum Gasteiger partial charge on any atom is 0.293 e. The summed E-state index contributed by atoms with van der Waals surface area (Å²) < 4.78 is 1.67. The van der Waals surface area contributed by atoms with Gasteiger partial charge in [0.2, 0.25) is 0 Å². The minimum absolute atomic E-state index is 0.0804. The van der Waals surface area contributed by atoms with Gasteiger partial charge in [0.25, 0.3) is 5.56 Å². The lowest BCUT2D eigenvalue weighted by Crippen LogP contribution is -2.46. The molecule has 0 aliphatic heterocycles. The normalized spacial score (nSPS) is 11.9. The molecule has 0 radical (unpaired) electrons. The molecule has 0 atom stereocenters. The number of nitrogens with zero attached hydrogens (tertiary/aromatic N) is 3. The van der Waals surface area contributed by atoms with Crippen LogP contribution in [-0.2, 0) is 0 Å². The summed E-state index contributed by atoms with van der Waals surface area (Å²) in [6.45, 7) is 7.90. The summed E-state index contributed by atoms with van der Waals surface area (Å²) in [5, 5.41) is 0. The molecule has 0 saturated carbocycles. The fraction of sp³-hybridized carbons (Fsp3) is 0.667. The molecule has 1 aromatic rings. The maximum atomic E-state index is 12.2. The van der Waals surface area contributed by atoms with Crippen LogP contribution >= 0.6 is 11.6 Å². The van der Waals surface area contributed by atoms with Gasteiger partial charge in [-0.05, 0) is 27.7 Å². The van der Waals surface area contributed by atoms with Crippen LogP contribution in [0.1, 0.15) is 33.7 Å². The summed E-state index contributed by atoms with van der Waals surface area (Å²) in [6, 6.07) is 0.122. The average molecular weight is 258 g/mol. The highest BCUT2D eigenvalue weighted by atomic mass is 35.5. The van der Waals surface area contributed by atoms with Crippen molar-refractivity contribution in [1.82, 2.24) is 9.55 Å². The van der Waals surface area contributed by atoms with Crippen LogP contribution in [0.2, 0.25) is 0 Å². The van der Waals surface area contributed by atoms with Gasteiger partial charge in [-0.15, -0.1) is 11.6 Å². The van der Waals surface area contributed by atoms with E-state index in [0.29, 0.717) is 11.7 Å². The van der Waals surface area contributed by atoms with E-state index < -0.39 is 0 Å². The number of hydrogen-bond donors (Lipinski definition) is 0. The van der Waals surface area contributed by atoms with Gasteiger partial charge in [-0.1, -0.05) is 0 Å². The van der Waals surface area contributed by atoms with Crippen molar-refractivity contribution in [2.45, 2.75) is 39.3 Å². The Hall–Kier alpha value is -1.03. The molecule has 0 unspecified atom stereocenters. The Kier molecular flexibility index (Phi) is 4.20. The van der Waals surface area contributed by atoms with Gasteiger partial charge < -0.3 is 9.47 Å². The summed E-state index contributed by atoms with van der Waals surface area (Å²) >= 11 is 5.91. The van der Waals surface area contributed by atoms with E-state index in [1.165, 1.54) is 0 Å². The van der Waals surface area contributed by atoms with E-state index in [1.807, 2.05) is 39.6 Å². The van der Waals surface area contributed by atoms with Crippen LogP contribution in [0.15, 0.2) is 17.2 Å². The van der Waals surface area contributed by atoms with Crippen LogP contribution < -0.4 is 10.5 Å². The topological polar surface area (TPSA) is 38.1 Å². The van der Waals surface area contributed by atoms with Crippen molar-refractivity contribution in [3.05, 3.63) is 22.7 Å².